The minimum atomic E-state index is -0.828. The fourth-order valence-electron chi connectivity index (χ4n) is 3.36. The van der Waals surface area contributed by atoms with Crippen molar-refractivity contribution in [2.75, 3.05) is 18.2 Å². The van der Waals surface area contributed by atoms with Crippen LogP contribution in [0.5, 0.6) is 5.75 Å². The molecule has 0 bridgehead atoms. The molecule has 0 fully saturated rings. The Balaban J connectivity index is 1.53. The molecule has 6 nitrogen and oxygen atoms in total. The fraction of sp³-hybridized carbons (Fsp3) is 0.160. The summed E-state index contributed by atoms with van der Waals surface area (Å²) in [7, 11) is 1.60. The van der Waals surface area contributed by atoms with E-state index in [1.165, 1.54) is 6.07 Å². The van der Waals surface area contributed by atoms with E-state index < -0.39 is 23.2 Å². The van der Waals surface area contributed by atoms with Crippen LogP contribution in [0.3, 0.4) is 0 Å². The van der Waals surface area contributed by atoms with Crippen LogP contribution in [0, 0.1) is 11.6 Å². The molecule has 1 N–H and O–H groups in total. The molecule has 1 amide bonds. The average Bonchev–Trinajstić information content (AvgIpc) is 3.27. The van der Waals surface area contributed by atoms with E-state index in [2.05, 4.69) is 15.5 Å². The molecule has 1 heterocycles. The maximum atomic E-state index is 13.8. The van der Waals surface area contributed by atoms with E-state index in [4.69, 9.17) is 4.74 Å². The molecule has 0 atom stereocenters. The topological polar surface area (TPSA) is 69.0 Å². The second-order valence-corrected chi connectivity index (χ2v) is 8.30. The van der Waals surface area contributed by atoms with Crippen molar-refractivity contribution < 1.29 is 18.3 Å². The van der Waals surface area contributed by atoms with Crippen LogP contribution in [0.25, 0.3) is 11.4 Å². The molecule has 4 rings (SSSR count). The van der Waals surface area contributed by atoms with Gasteiger partial charge in [-0.1, -0.05) is 48.2 Å². The number of rotatable bonds is 9. The standard InChI is InChI=1S/C25H22F2N4O2S/c1-33-19-12-10-18(11-13-19)24-29-30-25(31(24)15-14-17-6-3-2-4-7-17)34-16-22(32)28-23-20(26)8-5-9-21(23)27/h2-13H,14-16H2,1H3,(H,28,32). The van der Waals surface area contributed by atoms with Crippen molar-refractivity contribution in [3.05, 3.63) is 90.0 Å². The molecule has 0 aliphatic heterocycles. The zero-order valence-electron chi connectivity index (χ0n) is 18.4. The van der Waals surface area contributed by atoms with E-state index >= 15 is 0 Å². The lowest BCUT2D eigenvalue weighted by Crippen LogP contribution is -2.17. The summed E-state index contributed by atoms with van der Waals surface area (Å²) in [5, 5.41) is 11.5. The maximum Gasteiger partial charge on any atom is 0.235 e. The van der Waals surface area contributed by atoms with Crippen molar-refractivity contribution in [1.82, 2.24) is 14.8 Å². The van der Waals surface area contributed by atoms with E-state index in [-0.39, 0.29) is 5.75 Å². The number of carbonyl (C=O) groups is 1. The minimum Gasteiger partial charge on any atom is -0.497 e. The first-order chi connectivity index (χ1) is 16.5. The summed E-state index contributed by atoms with van der Waals surface area (Å²) in [6.45, 7) is 0.588. The summed E-state index contributed by atoms with van der Waals surface area (Å²) in [5.41, 5.74) is 1.55. The van der Waals surface area contributed by atoms with Crippen LogP contribution in [0.2, 0.25) is 0 Å². The highest BCUT2D eigenvalue weighted by Crippen LogP contribution is 2.27. The number of amides is 1. The summed E-state index contributed by atoms with van der Waals surface area (Å²) < 4.78 is 34.9. The molecule has 4 aromatic rings. The van der Waals surface area contributed by atoms with Gasteiger partial charge in [0.05, 0.1) is 12.9 Å². The summed E-state index contributed by atoms with van der Waals surface area (Å²) in [5.74, 6) is -0.901. The van der Waals surface area contributed by atoms with E-state index in [9.17, 15) is 13.6 Å². The fourth-order valence-corrected chi connectivity index (χ4v) is 4.12. The monoisotopic (exact) mass is 480 g/mol. The number of hydrogen-bond acceptors (Lipinski definition) is 5. The Hall–Kier alpha value is -3.72. The first kappa shape index (κ1) is 23.4. The van der Waals surface area contributed by atoms with Gasteiger partial charge >= 0.3 is 0 Å². The highest BCUT2D eigenvalue weighted by Gasteiger charge is 2.17. The Morgan fingerprint density at radius 3 is 2.35 bits per heavy atom. The Bertz CT molecular complexity index is 1240. The van der Waals surface area contributed by atoms with Crippen LogP contribution < -0.4 is 10.1 Å². The quantitative estimate of drug-likeness (QED) is 0.333. The van der Waals surface area contributed by atoms with Gasteiger partial charge in [-0.3, -0.25) is 4.79 Å². The first-order valence-electron chi connectivity index (χ1n) is 10.5. The van der Waals surface area contributed by atoms with Gasteiger partial charge in [-0.2, -0.15) is 0 Å². The Morgan fingerprint density at radius 2 is 1.68 bits per heavy atom. The van der Waals surface area contributed by atoms with Gasteiger partial charge in [0.1, 0.15) is 23.1 Å². The van der Waals surface area contributed by atoms with Crippen LogP contribution in [-0.4, -0.2) is 33.5 Å². The third-order valence-corrected chi connectivity index (χ3v) is 6.06. The van der Waals surface area contributed by atoms with Crippen LogP contribution in [0.4, 0.5) is 14.5 Å². The number of benzene rings is 3. The van der Waals surface area contributed by atoms with Crippen molar-refractivity contribution in [2.24, 2.45) is 0 Å². The highest BCUT2D eigenvalue weighted by atomic mass is 32.2. The van der Waals surface area contributed by atoms with Crippen LogP contribution >= 0.6 is 11.8 Å². The van der Waals surface area contributed by atoms with Gasteiger partial charge < -0.3 is 14.6 Å². The molecule has 174 valence electrons. The number of thioether (sulfide) groups is 1. The molecule has 3 aromatic carbocycles. The molecule has 0 unspecified atom stereocenters. The predicted octanol–water partition coefficient (Wildman–Crippen LogP) is 5.21. The lowest BCUT2D eigenvalue weighted by molar-refractivity contribution is -0.113. The van der Waals surface area contributed by atoms with Crippen molar-refractivity contribution in [1.29, 1.82) is 0 Å². The Kier molecular flexibility index (Phi) is 7.54. The smallest absolute Gasteiger partial charge is 0.235 e. The van der Waals surface area contributed by atoms with Gasteiger partial charge in [0.25, 0.3) is 0 Å². The number of halogens is 2. The van der Waals surface area contributed by atoms with Gasteiger partial charge in [-0.15, -0.1) is 10.2 Å². The zero-order chi connectivity index (χ0) is 23.9. The van der Waals surface area contributed by atoms with Crippen LogP contribution in [-0.2, 0) is 17.8 Å². The van der Waals surface area contributed by atoms with Gasteiger partial charge in [-0.05, 0) is 48.4 Å². The number of ether oxygens (including phenoxy) is 1. The number of aromatic nitrogens is 3. The number of carbonyl (C=O) groups excluding carboxylic acids is 1. The van der Waals surface area contributed by atoms with Crippen molar-refractivity contribution >= 4 is 23.4 Å². The Morgan fingerprint density at radius 1 is 0.971 bits per heavy atom. The first-order valence-corrected chi connectivity index (χ1v) is 11.5. The second-order valence-electron chi connectivity index (χ2n) is 7.36. The van der Waals surface area contributed by atoms with Crippen molar-refractivity contribution in [3.63, 3.8) is 0 Å². The molecule has 0 saturated carbocycles. The molecule has 0 aliphatic carbocycles. The molecule has 0 radical (unpaired) electrons. The van der Waals surface area contributed by atoms with Gasteiger partial charge in [-0.25, -0.2) is 8.78 Å². The number of methoxy groups -OCH3 is 1. The number of anilines is 1. The largest absolute Gasteiger partial charge is 0.497 e. The zero-order valence-corrected chi connectivity index (χ0v) is 19.2. The normalized spacial score (nSPS) is 10.8. The number of nitrogens with zero attached hydrogens (tertiary/aromatic N) is 3. The summed E-state index contributed by atoms with van der Waals surface area (Å²) in [6, 6.07) is 20.9. The average molecular weight is 481 g/mol. The lowest BCUT2D eigenvalue weighted by atomic mass is 10.1. The highest BCUT2D eigenvalue weighted by molar-refractivity contribution is 7.99. The van der Waals surface area contributed by atoms with E-state index in [1.807, 2.05) is 59.2 Å². The third-order valence-electron chi connectivity index (χ3n) is 5.09. The molecule has 34 heavy (non-hydrogen) atoms. The lowest BCUT2D eigenvalue weighted by Gasteiger charge is -2.11. The van der Waals surface area contributed by atoms with E-state index in [0.29, 0.717) is 17.5 Å². The van der Waals surface area contributed by atoms with Gasteiger partial charge in [0.15, 0.2) is 11.0 Å². The second kappa shape index (κ2) is 10.9. The molecule has 1 aromatic heterocycles. The number of nitrogens with one attached hydrogen (secondary N) is 1. The van der Waals surface area contributed by atoms with Crippen LogP contribution in [0.15, 0.2) is 78.0 Å². The van der Waals surface area contributed by atoms with E-state index in [0.717, 1.165) is 47.2 Å². The molecular weight excluding hydrogens is 458 g/mol. The SMILES string of the molecule is COc1ccc(-c2nnc(SCC(=O)Nc3c(F)cccc3F)n2CCc2ccccc2)cc1. The molecule has 9 heteroatoms. The maximum absolute atomic E-state index is 13.8. The molecule has 0 saturated heterocycles. The van der Waals surface area contributed by atoms with Gasteiger partial charge in [0.2, 0.25) is 5.91 Å². The molecule has 0 aliphatic rings. The van der Waals surface area contributed by atoms with Gasteiger partial charge in [0, 0.05) is 12.1 Å². The number of para-hydroxylation sites is 1. The minimum absolute atomic E-state index is 0.0835. The number of hydrogen-bond donors (Lipinski definition) is 1. The Labute approximate surface area is 200 Å². The summed E-state index contributed by atoms with van der Waals surface area (Å²) >= 11 is 1.15. The van der Waals surface area contributed by atoms with Crippen molar-refractivity contribution in [3.8, 4) is 17.1 Å². The summed E-state index contributed by atoms with van der Waals surface area (Å²) in [6.07, 6.45) is 0.738. The predicted molar refractivity (Wildman–Crippen MR) is 128 cm³/mol. The van der Waals surface area contributed by atoms with Crippen molar-refractivity contribution in [2.45, 2.75) is 18.1 Å². The van der Waals surface area contributed by atoms with Crippen LogP contribution in [0.1, 0.15) is 5.56 Å². The molecule has 0 spiro atoms. The third kappa shape index (κ3) is 5.60. The summed E-state index contributed by atoms with van der Waals surface area (Å²) in [4.78, 5) is 12.4. The van der Waals surface area contributed by atoms with E-state index in [1.54, 1.807) is 7.11 Å². The number of aryl methyl sites for hydroxylation is 1. The molecular formula is C25H22F2N4O2S.